The van der Waals surface area contributed by atoms with E-state index in [9.17, 15) is 4.79 Å². The van der Waals surface area contributed by atoms with Crippen molar-refractivity contribution in [2.75, 3.05) is 6.54 Å². The summed E-state index contributed by atoms with van der Waals surface area (Å²) < 4.78 is 6.28. The van der Waals surface area contributed by atoms with E-state index in [1.807, 2.05) is 37.3 Å². The van der Waals surface area contributed by atoms with Gasteiger partial charge in [-0.05, 0) is 18.6 Å². The molecule has 1 aromatic carbocycles. The van der Waals surface area contributed by atoms with Crippen molar-refractivity contribution in [1.82, 2.24) is 15.1 Å². The van der Waals surface area contributed by atoms with Gasteiger partial charge in [-0.2, -0.15) is 0 Å². The van der Waals surface area contributed by atoms with Crippen LogP contribution < -0.4 is 0 Å². The topological polar surface area (TPSA) is 59.2 Å². The summed E-state index contributed by atoms with van der Waals surface area (Å²) in [4.78, 5) is 13.8. The molecule has 5 nitrogen and oxygen atoms in total. The van der Waals surface area contributed by atoms with E-state index in [1.165, 1.54) is 11.8 Å². The summed E-state index contributed by atoms with van der Waals surface area (Å²) in [5, 5.41) is 8.03. The van der Waals surface area contributed by atoms with E-state index in [0.717, 1.165) is 12.0 Å². The highest BCUT2D eigenvalue weighted by Gasteiger charge is 2.35. The van der Waals surface area contributed by atoms with Gasteiger partial charge >= 0.3 is 0 Å². The lowest BCUT2D eigenvalue weighted by Crippen LogP contribution is -2.33. The Bertz CT molecular complexity index is 687. The second-order valence-electron chi connectivity index (χ2n) is 4.89. The summed E-state index contributed by atoms with van der Waals surface area (Å²) in [6.07, 6.45) is 1.29. The molecule has 1 unspecified atom stereocenters. The molecule has 3 rings (SSSR count). The molecule has 0 spiro atoms. The van der Waals surface area contributed by atoms with Crippen LogP contribution in [0.3, 0.4) is 0 Å². The summed E-state index contributed by atoms with van der Waals surface area (Å²) in [6, 6.07) is 9.60. The van der Waals surface area contributed by atoms with Crippen LogP contribution in [0.15, 0.2) is 34.7 Å². The molecule has 1 aliphatic heterocycles. The van der Waals surface area contributed by atoms with Gasteiger partial charge in [-0.25, -0.2) is 0 Å². The fourth-order valence-electron chi connectivity index (χ4n) is 2.22. The molecule has 0 N–H and O–H groups in total. The van der Waals surface area contributed by atoms with Crippen LogP contribution in [-0.4, -0.2) is 37.1 Å². The van der Waals surface area contributed by atoms with E-state index in [2.05, 4.69) is 10.2 Å². The van der Waals surface area contributed by atoms with Crippen molar-refractivity contribution >= 4 is 34.2 Å². The lowest BCUT2D eigenvalue weighted by Gasteiger charge is -2.13. The van der Waals surface area contributed by atoms with Crippen molar-refractivity contribution in [3.8, 4) is 11.5 Å². The van der Waals surface area contributed by atoms with Gasteiger partial charge in [-0.1, -0.05) is 49.1 Å². The molecule has 114 valence electrons. The van der Waals surface area contributed by atoms with Crippen LogP contribution in [0.5, 0.6) is 0 Å². The highest BCUT2D eigenvalue weighted by atomic mass is 32.2. The monoisotopic (exact) mass is 333 g/mol. The van der Waals surface area contributed by atoms with Gasteiger partial charge in [0.25, 0.3) is 0 Å². The van der Waals surface area contributed by atoms with E-state index >= 15 is 0 Å². The Labute approximate surface area is 138 Å². The fourth-order valence-corrected chi connectivity index (χ4v) is 3.69. The van der Waals surface area contributed by atoms with Gasteiger partial charge in [0.15, 0.2) is 0 Å². The van der Waals surface area contributed by atoms with Crippen molar-refractivity contribution in [3.05, 3.63) is 36.2 Å². The summed E-state index contributed by atoms with van der Waals surface area (Å²) in [6.45, 7) is 2.48. The normalized spacial score (nSPS) is 18.2. The molecule has 1 atom stereocenters. The van der Waals surface area contributed by atoms with Gasteiger partial charge in [0, 0.05) is 18.5 Å². The number of nitrogens with zero attached hydrogens (tertiary/aromatic N) is 3. The van der Waals surface area contributed by atoms with E-state index < -0.39 is 0 Å². The van der Waals surface area contributed by atoms with Crippen molar-refractivity contribution in [3.63, 3.8) is 0 Å². The molecule has 0 aliphatic carbocycles. The Morgan fingerprint density at radius 1 is 1.32 bits per heavy atom. The Morgan fingerprint density at radius 3 is 2.77 bits per heavy atom. The zero-order chi connectivity index (χ0) is 15.5. The highest BCUT2D eigenvalue weighted by Crippen LogP contribution is 2.29. The zero-order valence-corrected chi connectivity index (χ0v) is 13.7. The number of thioether (sulfide) groups is 1. The number of benzene rings is 1. The number of amides is 1. The van der Waals surface area contributed by atoms with Gasteiger partial charge in [0.2, 0.25) is 17.7 Å². The summed E-state index contributed by atoms with van der Waals surface area (Å²) >= 11 is 6.72. The molecule has 1 saturated heterocycles. The SMILES string of the molecule is CCC1SC(=S)N(CCc2nnc(-c3ccccc3)o2)C1=O. The van der Waals surface area contributed by atoms with Gasteiger partial charge < -0.3 is 4.42 Å². The van der Waals surface area contributed by atoms with Crippen molar-refractivity contribution in [2.24, 2.45) is 0 Å². The zero-order valence-electron chi connectivity index (χ0n) is 12.1. The maximum Gasteiger partial charge on any atom is 0.247 e. The summed E-state index contributed by atoms with van der Waals surface area (Å²) in [7, 11) is 0. The van der Waals surface area contributed by atoms with Crippen LogP contribution in [0.25, 0.3) is 11.5 Å². The minimum atomic E-state index is -0.0462. The number of rotatable bonds is 5. The molecular formula is C15H15N3O2S2. The molecule has 1 aliphatic rings. The van der Waals surface area contributed by atoms with E-state index in [0.29, 0.717) is 29.1 Å². The first-order valence-corrected chi connectivity index (χ1v) is 8.37. The van der Waals surface area contributed by atoms with Crippen LogP contribution in [0.1, 0.15) is 19.2 Å². The largest absolute Gasteiger partial charge is 0.421 e. The molecule has 1 aromatic heterocycles. The molecule has 1 amide bonds. The second kappa shape index (κ2) is 6.58. The number of carbonyl (C=O) groups is 1. The maximum absolute atomic E-state index is 12.1. The third-order valence-electron chi connectivity index (χ3n) is 3.41. The van der Waals surface area contributed by atoms with Crippen molar-refractivity contribution in [2.45, 2.75) is 25.0 Å². The first-order chi connectivity index (χ1) is 10.7. The van der Waals surface area contributed by atoms with E-state index in [1.54, 1.807) is 4.90 Å². The number of carbonyl (C=O) groups excluding carboxylic acids is 1. The lowest BCUT2D eigenvalue weighted by molar-refractivity contribution is -0.126. The number of thiocarbonyl (C=S) groups is 1. The molecule has 1 fully saturated rings. The van der Waals surface area contributed by atoms with Crippen molar-refractivity contribution < 1.29 is 9.21 Å². The number of aromatic nitrogens is 2. The van der Waals surface area contributed by atoms with Crippen LogP contribution >= 0.6 is 24.0 Å². The number of hydrogen-bond donors (Lipinski definition) is 0. The van der Waals surface area contributed by atoms with E-state index in [-0.39, 0.29) is 11.2 Å². The Hall–Kier alpha value is -1.73. The molecule has 22 heavy (non-hydrogen) atoms. The van der Waals surface area contributed by atoms with Gasteiger partial charge in [-0.15, -0.1) is 10.2 Å². The minimum absolute atomic E-state index is 0.0462. The lowest BCUT2D eigenvalue weighted by atomic mass is 10.2. The average molecular weight is 333 g/mol. The van der Waals surface area contributed by atoms with Gasteiger partial charge in [0.05, 0.1) is 5.25 Å². The smallest absolute Gasteiger partial charge is 0.247 e. The molecule has 0 saturated carbocycles. The number of hydrogen-bond acceptors (Lipinski definition) is 6. The van der Waals surface area contributed by atoms with Gasteiger partial charge in [0.1, 0.15) is 4.32 Å². The van der Waals surface area contributed by atoms with Crippen molar-refractivity contribution in [1.29, 1.82) is 0 Å². The quantitative estimate of drug-likeness (QED) is 0.784. The third-order valence-corrected chi connectivity index (χ3v) is 5.16. The standard InChI is InChI=1S/C15H15N3O2S2/c1-2-11-14(19)18(15(21)22-11)9-8-12-16-17-13(20-12)10-6-4-3-5-7-10/h3-7,11H,2,8-9H2,1H3. The summed E-state index contributed by atoms with van der Waals surface area (Å²) in [5.41, 5.74) is 0.885. The summed E-state index contributed by atoms with van der Waals surface area (Å²) in [5.74, 6) is 1.09. The van der Waals surface area contributed by atoms with Gasteiger partial charge in [-0.3, -0.25) is 9.69 Å². The molecule has 0 radical (unpaired) electrons. The van der Waals surface area contributed by atoms with E-state index in [4.69, 9.17) is 16.6 Å². The predicted octanol–water partition coefficient (Wildman–Crippen LogP) is 2.92. The highest BCUT2D eigenvalue weighted by molar-refractivity contribution is 8.24. The maximum atomic E-state index is 12.1. The fraction of sp³-hybridized carbons (Fsp3) is 0.333. The molecule has 2 heterocycles. The molecule has 2 aromatic rings. The first kappa shape index (κ1) is 15.2. The average Bonchev–Trinajstić information content (AvgIpc) is 3.12. The van der Waals surface area contributed by atoms with Crippen LogP contribution in [0, 0.1) is 0 Å². The third kappa shape index (κ3) is 3.05. The van der Waals surface area contributed by atoms with Crippen LogP contribution in [0.4, 0.5) is 0 Å². The molecular weight excluding hydrogens is 318 g/mol. The first-order valence-electron chi connectivity index (χ1n) is 7.09. The Morgan fingerprint density at radius 2 is 2.09 bits per heavy atom. The van der Waals surface area contributed by atoms with Crippen LogP contribution in [-0.2, 0) is 11.2 Å². The second-order valence-corrected chi connectivity index (χ2v) is 6.72. The molecule has 7 heteroatoms. The Kier molecular flexibility index (Phi) is 4.54. The van der Waals surface area contributed by atoms with Crippen LogP contribution in [0.2, 0.25) is 0 Å². The predicted molar refractivity (Wildman–Crippen MR) is 89.4 cm³/mol. The minimum Gasteiger partial charge on any atom is -0.421 e. The Balaban J connectivity index is 1.64. The molecule has 0 bridgehead atoms.